The van der Waals surface area contributed by atoms with Crippen LogP contribution < -0.4 is 5.73 Å². The average molecular weight is 247 g/mol. The lowest BCUT2D eigenvalue weighted by Crippen LogP contribution is -2.25. The van der Waals surface area contributed by atoms with E-state index < -0.39 is 6.48 Å². The van der Waals surface area contributed by atoms with Crippen LogP contribution in [0.1, 0.15) is 33.6 Å². The van der Waals surface area contributed by atoms with E-state index in [1.54, 1.807) is 0 Å². The molecule has 0 heterocycles. The van der Waals surface area contributed by atoms with Gasteiger partial charge in [0.05, 0.1) is 13.2 Å². The Labute approximate surface area is 102 Å². The summed E-state index contributed by atoms with van der Waals surface area (Å²) < 4.78 is 16.4. The van der Waals surface area contributed by atoms with Gasteiger partial charge in [-0.1, -0.05) is 20.8 Å². The molecule has 0 rings (SSSR count). The molecule has 0 saturated heterocycles. The van der Waals surface area contributed by atoms with Crippen molar-refractivity contribution >= 4 is 9.76 Å². The first-order valence-electron chi connectivity index (χ1n) is 6.06. The molecular weight excluding hydrogens is 222 g/mol. The molecule has 5 heteroatoms. The highest BCUT2D eigenvalue weighted by Crippen LogP contribution is 2.04. The van der Waals surface area contributed by atoms with Gasteiger partial charge < -0.3 is 19.6 Å². The first-order valence-corrected chi connectivity index (χ1v) is 7.17. The number of hydrogen-bond donors (Lipinski definition) is 1. The predicted octanol–water partition coefficient (Wildman–Crippen LogP) is 1.77. The Bertz CT molecular complexity index is 141. The minimum atomic E-state index is -0.497. The fraction of sp³-hybridized carbons (Fsp3) is 1.00. The maximum absolute atomic E-state index is 5.55. The van der Waals surface area contributed by atoms with Crippen molar-refractivity contribution in [1.29, 1.82) is 0 Å². The van der Waals surface area contributed by atoms with Gasteiger partial charge in [0.25, 0.3) is 6.48 Å². The number of hydrogen-bond acceptors (Lipinski definition) is 4. The molecule has 1 atom stereocenters. The average Bonchev–Trinajstić information content (AvgIpc) is 2.31. The molecule has 96 valence electrons. The van der Waals surface area contributed by atoms with E-state index in [1.165, 1.54) is 0 Å². The molecule has 0 aliphatic rings. The summed E-state index contributed by atoms with van der Waals surface area (Å²) in [5.74, 6) is 0.497. The molecule has 0 spiro atoms. The summed E-state index contributed by atoms with van der Waals surface area (Å²) >= 11 is 0. The first kappa shape index (κ1) is 16.1. The second kappa shape index (κ2) is 11.5. The van der Waals surface area contributed by atoms with E-state index in [2.05, 4.69) is 20.8 Å². The van der Waals surface area contributed by atoms with Crippen molar-refractivity contribution in [2.24, 2.45) is 11.7 Å². The summed E-state index contributed by atoms with van der Waals surface area (Å²) in [7, 11) is 0.392. The SMILES string of the molecule is CCCOC(OCCC)O[Si]CC(C)CN. The number of rotatable bonds is 11. The molecule has 4 nitrogen and oxygen atoms in total. The summed E-state index contributed by atoms with van der Waals surface area (Å²) in [4.78, 5) is 0. The Morgan fingerprint density at radius 3 is 2.12 bits per heavy atom. The molecule has 0 fully saturated rings. The maximum Gasteiger partial charge on any atom is 0.261 e. The molecular formula is C11H25NO3Si. The summed E-state index contributed by atoms with van der Waals surface area (Å²) in [5.41, 5.74) is 5.54. The van der Waals surface area contributed by atoms with Crippen LogP contribution in [0.2, 0.25) is 6.04 Å². The van der Waals surface area contributed by atoms with Crippen LogP contribution >= 0.6 is 0 Å². The lowest BCUT2D eigenvalue weighted by atomic mass is 10.2. The molecule has 0 amide bonds. The Kier molecular flexibility index (Phi) is 11.6. The minimum Gasteiger partial charge on any atom is -0.372 e. The second-order valence-electron chi connectivity index (χ2n) is 3.84. The maximum atomic E-state index is 5.55. The van der Waals surface area contributed by atoms with Gasteiger partial charge in [0.2, 0.25) is 9.76 Å². The number of ether oxygens (including phenoxy) is 2. The Hall–Kier alpha value is 0.0569. The summed E-state index contributed by atoms with van der Waals surface area (Å²) in [6.45, 7) is 7.79. The lowest BCUT2D eigenvalue weighted by molar-refractivity contribution is -0.247. The topological polar surface area (TPSA) is 53.7 Å². The van der Waals surface area contributed by atoms with Gasteiger partial charge >= 0.3 is 0 Å². The van der Waals surface area contributed by atoms with E-state index in [0.29, 0.717) is 35.4 Å². The largest absolute Gasteiger partial charge is 0.372 e. The molecule has 0 saturated carbocycles. The zero-order valence-electron chi connectivity index (χ0n) is 10.7. The molecule has 0 aromatic heterocycles. The predicted molar refractivity (Wildman–Crippen MR) is 66.1 cm³/mol. The second-order valence-corrected chi connectivity index (χ2v) is 4.77. The van der Waals surface area contributed by atoms with Crippen molar-refractivity contribution in [2.45, 2.75) is 46.1 Å². The highest BCUT2D eigenvalue weighted by atomic mass is 28.2. The zero-order chi connectivity index (χ0) is 12.2. The summed E-state index contributed by atoms with van der Waals surface area (Å²) in [6, 6.07) is 0.970. The third-order valence-electron chi connectivity index (χ3n) is 1.93. The van der Waals surface area contributed by atoms with Gasteiger partial charge in [0, 0.05) is 0 Å². The Balaban J connectivity index is 3.63. The Morgan fingerprint density at radius 1 is 1.12 bits per heavy atom. The fourth-order valence-electron chi connectivity index (χ4n) is 0.886. The van der Waals surface area contributed by atoms with Crippen molar-refractivity contribution in [3.05, 3.63) is 0 Å². The molecule has 2 radical (unpaired) electrons. The highest BCUT2D eigenvalue weighted by molar-refractivity contribution is 6.27. The molecule has 0 aromatic carbocycles. The summed E-state index contributed by atoms with van der Waals surface area (Å²) in [5, 5.41) is 0. The van der Waals surface area contributed by atoms with Gasteiger partial charge in [-0.2, -0.15) is 0 Å². The van der Waals surface area contributed by atoms with Crippen LogP contribution in [0.4, 0.5) is 0 Å². The highest BCUT2D eigenvalue weighted by Gasteiger charge is 2.10. The number of nitrogens with two attached hydrogens (primary N) is 1. The zero-order valence-corrected chi connectivity index (χ0v) is 11.7. The molecule has 0 aliphatic carbocycles. The smallest absolute Gasteiger partial charge is 0.261 e. The van der Waals surface area contributed by atoms with Gasteiger partial charge in [-0.15, -0.1) is 0 Å². The third kappa shape index (κ3) is 9.29. The molecule has 2 N–H and O–H groups in total. The van der Waals surface area contributed by atoms with E-state index in [4.69, 9.17) is 19.6 Å². The first-order chi connectivity index (χ1) is 7.74. The van der Waals surface area contributed by atoms with Crippen molar-refractivity contribution in [3.63, 3.8) is 0 Å². The van der Waals surface area contributed by atoms with E-state index in [9.17, 15) is 0 Å². The van der Waals surface area contributed by atoms with Gasteiger partial charge in [-0.3, -0.25) is 0 Å². The molecule has 16 heavy (non-hydrogen) atoms. The lowest BCUT2D eigenvalue weighted by Gasteiger charge is -2.18. The van der Waals surface area contributed by atoms with Crippen LogP contribution in [-0.4, -0.2) is 36.0 Å². The standard InChI is InChI=1S/C11H25NO3Si/c1-4-6-13-11(14-7-5-2)15-16-9-10(3)8-12/h10-11H,4-9,12H2,1-3H3. The van der Waals surface area contributed by atoms with Crippen LogP contribution in [0.15, 0.2) is 0 Å². The third-order valence-corrected chi connectivity index (χ3v) is 3.15. The van der Waals surface area contributed by atoms with Crippen LogP contribution in [-0.2, 0) is 13.9 Å². The van der Waals surface area contributed by atoms with Crippen molar-refractivity contribution in [3.8, 4) is 0 Å². The van der Waals surface area contributed by atoms with E-state index in [1.807, 2.05) is 0 Å². The van der Waals surface area contributed by atoms with Crippen LogP contribution in [0.25, 0.3) is 0 Å². The molecule has 0 aliphatic heterocycles. The van der Waals surface area contributed by atoms with Gasteiger partial charge in [0.1, 0.15) is 0 Å². The fourth-order valence-corrected chi connectivity index (χ4v) is 1.71. The monoisotopic (exact) mass is 247 g/mol. The normalized spacial score (nSPS) is 13.3. The molecule has 0 bridgehead atoms. The van der Waals surface area contributed by atoms with Crippen molar-refractivity contribution in [1.82, 2.24) is 0 Å². The van der Waals surface area contributed by atoms with E-state index in [0.717, 1.165) is 18.9 Å². The van der Waals surface area contributed by atoms with Crippen LogP contribution in [0.3, 0.4) is 0 Å². The van der Waals surface area contributed by atoms with Gasteiger partial charge in [-0.25, -0.2) is 0 Å². The van der Waals surface area contributed by atoms with Crippen LogP contribution in [0, 0.1) is 5.92 Å². The minimum absolute atomic E-state index is 0.392. The van der Waals surface area contributed by atoms with Gasteiger partial charge in [-0.05, 0) is 31.3 Å². The van der Waals surface area contributed by atoms with Crippen molar-refractivity contribution < 1.29 is 13.9 Å². The van der Waals surface area contributed by atoms with Crippen LogP contribution in [0.5, 0.6) is 0 Å². The van der Waals surface area contributed by atoms with Gasteiger partial charge in [0.15, 0.2) is 0 Å². The van der Waals surface area contributed by atoms with Crippen molar-refractivity contribution in [2.75, 3.05) is 19.8 Å². The quantitative estimate of drug-likeness (QED) is 0.446. The van der Waals surface area contributed by atoms with E-state index >= 15 is 0 Å². The molecule has 0 aromatic rings. The van der Waals surface area contributed by atoms with E-state index in [-0.39, 0.29) is 0 Å². The summed E-state index contributed by atoms with van der Waals surface area (Å²) in [6.07, 6.45) is 1.94. The Morgan fingerprint density at radius 2 is 1.69 bits per heavy atom. The molecule has 1 unspecified atom stereocenters.